The summed E-state index contributed by atoms with van der Waals surface area (Å²) in [6.07, 6.45) is 0. The maximum Gasteiger partial charge on any atom is 0.239 e. The molecule has 0 aliphatic carbocycles. The van der Waals surface area contributed by atoms with E-state index < -0.39 is 6.04 Å². The molecule has 1 atom stereocenters. The third-order valence-electron chi connectivity index (χ3n) is 2.18. The van der Waals surface area contributed by atoms with Crippen molar-refractivity contribution in [3.8, 4) is 0 Å². The summed E-state index contributed by atoms with van der Waals surface area (Å²) in [7, 11) is 1.68. The molecular weight excluding hydrogens is 247 g/mol. The topological polar surface area (TPSA) is 46.3 Å². The van der Waals surface area contributed by atoms with Crippen LogP contribution >= 0.6 is 23.2 Å². The molecule has 0 saturated heterocycles. The Bertz CT molecular complexity index is 394. The molecule has 0 aromatic heterocycles. The van der Waals surface area contributed by atoms with Crippen LogP contribution in [0.25, 0.3) is 0 Å². The Morgan fingerprint density at radius 1 is 1.50 bits per heavy atom. The molecule has 0 fully saturated rings. The number of amides is 1. The summed E-state index contributed by atoms with van der Waals surface area (Å²) in [6.45, 7) is 2.05. The Morgan fingerprint density at radius 3 is 2.69 bits per heavy atom. The van der Waals surface area contributed by atoms with Crippen molar-refractivity contribution in [1.29, 1.82) is 0 Å². The van der Waals surface area contributed by atoms with Crippen LogP contribution in [-0.4, -0.2) is 23.9 Å². The monoisotopic (exact) mass is 260 g/mol. The molecule has 1 aromatic rings. The average molecular weight is 261 g/mol. The van der Waals surface area contributed by atoms with E-state index in [1.54, 1.807) is 32.2 Å². The molecule has 3 nitrogen and oxygen atoms in total. The van der Waals surface area contributed by atoms with E-state index in [1.165, 1.54) is 4.90 Å². The zero-order valence-electron chi connectivity index (χ0n) is 9.21. The zero-order valence-corrected chi connectivity index (χ0v) is 10.7. The summed E-state index contributed by atoms with van der Waals surface area (Å²) >= 11 is 11.9. The van der Waals surface area contributed by atoms with Gasteiger partial charge in [0.2, 0.25) is 5.91 Å². The molecule has 88 valence electrons. The minimum atomic E-state index is -0.511. The number of nitrogens with two attached hydrogens (primary N) is 1. The van der Waals surface area contributed by atoms with E-state index in [-0.39, 0.29) is 5.91 Å². The first-order chi connectivity index (χ1) is 7.41. The number of rotatable bonds is 3. The number of hydrogen-bond donors (Lipinski definition) is 1. The lowest BCUT2D eigenvalue weighted by Crippen LogP contribution is -2.39. The number of benzene rings is 1. The predicted molar refractivity (Wildman–Crippen MR) is 66.6 cm³/mol. The number of halogens is 2. The first-order valence-corrected chi connectivity index (χ1v) is 5.62. The van der Waals surface area contributed by atoms with Crippen LogP contribution in [-0.2, 0) is 11.3 Å². The van der Waals surface area contributed by atoms with Crippen molar-refractivity contribution in [2.75, 3.05) is 7.05 Å². The number of carbonyl (C=O) groups excluding carboxylic acids is 1. The summed E-state index contributed by atoms with van der Waals surface area (Å²) in [4.78, 5) is 13.1. The lowest BCUT2D eigenvalue weighted by atomic mass is 10.2. The van der Waals surface area contributed by atoms with Gasteiger partial charge in [0.05, 0.1) is 6.04 Å². The molecule has 16 heavy (non-hydrogen) atoms. The van der Waals surface area contributed by atoms with E-state index in [0.717, 1.165) is 5.56 Å². The number of carbonyl (C=O) groups is 1. The van der Waals surface area contributed by atoms with Crippen LogP contribution < -0.4 is 5.73 Å². The van der Waals surface area contributed by atoms with Gasteiger partial charge in [-0.1, -0.05) is 23.2 Å². The minimum absolute atomic E-state index is 0.129. The summed E-state index contributed by atoms with van der Waals surface area (Å²) in [5.74, 6) is -0.129. The minimum Gasteiger partial charge on any atom is -0.340 e. The van der Waals surface area contributed by atoms with Gasteiger partial charge in [0.15, 0.2) is 0 Å². The van der Waals surface area contributed by atoms with Gasteiger partial charge in [0.25, 0.3) is 0 Å². The van der Waals surface area contributed by atoms with E-state index in [1.807, 2.05) is 0 Å². The second-order valence-corrected chi connectivity index (χ2v) is 4.56. The van der Waals surface area contributed by atoms with E-state index in [4.69, 9.17) is 28.9 Å². The molecule has 0 bridgehead atoms. The van der Waals surface area contributed by atoms with E-state index in [0.29, 0.717) is 16.6 Å². The van der Waals surface area contributed by atoms with Crippen LogP contribution in [0.15, 0.2) is 18.2 Å². The van der Waals surface area contributed by atoms with Gasteiger partial charge in [-0.3, -0.25) is 4.79 Å². The van der Waals surface area contributed by atoms with Crippen molar-refractivity contribution in [2.24, 2.45) is 5.73 Å². The Balaban J connectivity index is 2.80. The lowest BCUT2D eigenvalue weighted by molar-refractivity contribution is -0.131. The second-order valence-electron chi connectivity index (χ2n) is 3.72. The van der Waals surface area contributed by atoms with Crippen LogP contribution in [0.4, 0.5) is 0 Å². The Hall–Kier alpha value is -0.770. The third-order valence-corrected chi connectivity index (χ3v) is 2.78. The molecule has 0 radical (unpaired) electrons. The molecule has 1 rings (SSSR count). The third kappa shape index (κ3) is 3.37. The molecule has 0 spiro atoms. The Morgan fingerprint density at radius 2 is 2.12 bits per heavy atom. The van der Waals surface area contributed by atoms with Crippen LogP contribution in [0.2, 0.25) is 10.0 Å². The molecule has 2 N–H and O–H groups in total. The number of likely N-dealkylation sites (N-methyl/N-ethyl adjacent to an activating group) is 1. The van der Waals surface area contributed by atoms with Crippen molar-refractivity contribution in [3.63, 3.8) is 0 Å². The molecule has 1 aromatic carbocycles. The zero-order chi connectivity index (χ0) is 12.3. The molecule has 5 heteroatoms. The smallest absolute Gasteiger partial charge is 0.239 e. The molecule has 0 aliphatic rings. The maximum absolute atomic E-state index is 11.6. The molecular formula is C11H14Cl2N2O. The van der Waals surface area contributed by atoms with Crippen molar-refractivity contribution in [2.45, 2.75) is 19.5 Å². The molecule has 0 saturated carbocycles. The van der Waals surface area contributed by atoms with Crippen LogP contribution in [0.5, 0.6) is 0 Å². The molecule has 1 amide bonds. The average Bonchev–Trinajstić information content (AvgIpc) is 2.22. The summed E-state index contributed by atoms with van der Waals surface area (Å²) in [5, 5.41) is 1.19. The van der Waals surface area contributed by atoms with Crippen LogP contribution in [0.3, 0.4) is 0 Å². The van der Waals surface area contributed by atoms with Gasteiger partial charge in [0, 0.05) is 23.6 Å². The summed E-state index contributed by atoms with van der Waals surface area (Å²) in [6, 6.07) is 4.65. The normalized spacial score (nSPS) is 12.3. The first-order valence-electron chi connectivity index (χ1n) is 4.86. The van der Waals surface area contributed by atoms with Crippen LogP contribution in [0.1, 0.15) is 12.5 Å². The molecule has 1 unspecified atom stereocenters. The quantitative estimate of drug-likeness (QED) is 0.907. The van der Waals surface area contributed by atoms with Gasteiger partial charge in [-0.25, -0.2) is 0 Å². The van der Waals surface area contributed by atoms with Crippen molar-refractivity contribution < 1.29 is 4.79 Å². The Kier molecular flexibility index (Phi) is 4.59. The lowest BCUT2D eigenvalue weighted by Gasteiger charge is -2.20. The predicted octanol–water partition coefficient (Wildman–Crippen LogP) is 2.30. The summed E-state index contributed by atoms with van der Waals surface area (Å²) in [5.41, 5.74) is 6.32. The largest absolute Gasteiger partial charge is 0.340 e. The highest BCUT2D eigenvalue weighted by atomic mass is 35.5. The van der Waals surface area contributed by atoms with Gasteiger partial charge in [-0.05, 0) is 30.7 Å². The van der Waals surface area contributed by atoms with Gasteiger partial charge < -0.3 is 10.6 Å². The number of nitrogens with zero attached hydrogens (tertiary/aromatic N) is 1. The first kappa shape index (κ1) is 13.3. The van der Waals surface area contributed by atoms with E-state index >= 15 is 0 Å². The number of hydrogen-bond acceptors (Lipinski definition) is 2. The molecule has 0 heterocycles. The fraction of sp³-hybridized carbons (Fsp3) is 0.364. The maximum atomic E-state index is 11.6. The fourth-order valence-electron chi connectivity index (χ4n) is 1.35. The highest BCUT2D eigenvalue weighted by molar-refractivity contribution is 6.33. The van der Waals surface area contributed by atoms with Crippen molar-refractivity contribution in [1.82, 2.24) is 4.90 Å². The second kappa shape index (κ2) is 5.53. The van der Waals surface area contributed by atoms with E-state index in [2.05, 4.69) is 0 Å². The van der Waals surface area contributed by atoms with E-state index in [9.17, 15) is 4.79 Å². The molecule has 0 aliphatic heterocycles. The van der Waals surface area contributed by atoms with Gasteiger partial charge in [-0.2, -0.15) is 0 Å². The highest BCUT2D eigenvalue weighted by Gasteiger charge is 2.14. The van der Waals surface area contributed by atoms with Crippen molar-refractivity contribution >= 4 is 29.1 Å². The van der Waals surface area contributed by atoms with Crippen LogP contribution in [0, 0.1) is 0 Å². The standard InChI is InChI=1S/C11H14Cl2N2O/c1-7(14)11(16)15(2)6-8-5-9(12)3-4-10(8)13/h3-5,7H,6,14H2,1-2H3. The van der Waals surface area contributed by atoms with Gasteiger partial charge in [0.1, 0.15) is 0 Å². The Labute approximate surface area is 105 Å². The fourth-order valence-corrected chi connectivity index (χ4v) is 1.72. The van der Waals surface area contributed by atoms with Gasteiger partial charge >= 0.3 is 0 Å². The summed E-state index contributed by atoms with van der Waals surface area (Å²) < 4.78 is 0. The van der Waals surface area contributed by atoms with Gasteiger partial charge in [-0.15, -0.1) is 0 Å². The van der Waals surface area contributed by atoms with Crippen molar-refractivity contribution in [3.05, 3.63) is 33.8 Å². The SMILES string of the molecule is CC(N)C(=O)N(C)Cc1cc(Cl)ccc1Cl. The highest BCUT2D eigenvalue weighted by Crippen LogP contribution is 2.21.